The molecule has 0 aliphatic carbocycles. The maximum atomic E-state index is 14.0. The number of rotatable bonds is 5. The van der Waals surface area contributed by atoms with Gasteiger partial charge in [-0.1, -0.05) is 29.5 Å². The fourth-order valence-corrected chi connectivity index (χ4v) is 3.75. The summed E-state index contributed by atoms with van der Waals surface area (Å²) in [5.41, 5.74) is 1.44. The highest BCUT2D eigenvalue weighted by atomic mass is 19.1. The van der Waals surface area contributed by atoms with Crippen LogP contribution in [0, 0.1) is 5.82 Å². The number of hydrogen-bond donors (Lipinski definition) is 1. The average Bonchev–Trinajstić information content (AvgIpc) is 3.50. The third-order valence-corrected chi connectivity index (χ3v) is 5.59. The number of anilines is 1. The monoisotopic (exact) mass is 474 g/mol. The molecule has 0 atom stereocenters. The number of amides is 1. The summed E-state index contributed by atoms with van der Waals surface area (Å²) in [5.74, 6) is -0.786. The van der Waals surface area contributed by atoms with Gasteiger partial charge in [-0.3, -0.25) is 18.7 Å². The molecule has 0 aliphatic heterocycles. The van der Waals surface area contributed by atoms with Gasteiger partial charge in [-0.25, -0.2) is 18.9 Å². The molecule has 0 spiro atoms. The van der Waals surface area contributed by atoms with E-state index in [0.717, 1.165) is 10.1 Å². The predicted octanol–water partition coefficient (Wildman–Crippen LogP) is 1.46. The Bertz CT molecular complexity index is 1690. The fraction of sp³-hybridized carbons (Fsp3) is 0.130. The number of hydrogen-bond acceptors (Lipinski definition) is 6. The second-order valence-corrected chi connectivity index (χ2v) is 7.88. The van der Waals surface area contributed by atoms with Crippen LogP contribution in [-0.2, 0) is 25.4 Å². The summed E-state index contributed by atoms with van der Waals surface area (Å²) in [7, 11) is 2.88. The maximum Gasteiger partial charge on any atom is 0.332 e. The van der Waals surface area contributed by atoms with Crippen LogP contribution in [0.5, 0.6) is 0 Å². The van der Waals surface area contributed by atoms with E-state index in [4.69, 9.17) is 0 Å². The molecule has 0 saturated carbocycles. The second kappa shape index (κ2) is 8.48. The Balaban J connectivity index is 1.32. The lowest BCUT2D eigenvalue weighted by Crippen LogP contribution is -2.37. The largest absolute Gasteiger partial charge is 0.332 e. The molecular weight excluding hydrogens is 455 g/mol. The number of nitrogens with zero attached hydrogens (tertiary/aromatic N) is 7. The molecule has 12 heteroatoms. The summed E-state index contributed by atoms with van der Waals surface area (Å²) in [5, 5.41) is 10.8. The van der Waals surface area contributed by atoms with Crippen molar-refractivity contribution in [3.05, 3.63) is 87.7 Å². The van der Waals surface area contributed by atoms with Crippen molar-refractivity contribution in [2.75, 3.05) is 5.32 Å². The minimum atomic E-state index is -0.527. The first kappa shape index (κ1) is 21.9. The molecule has 35 heavy (non-hydrogen) atoms. The molecule has 0 fully saturated rings. The normalized spacial score (nSPS) is 11.2. The van der Waals surface area contributed by atoms with Crippen LogP contribution in [0.15, 0.2) is 70.6 Å². The Hall–Kier alpha value is -4.87. The van der Waals surface area contributed by atoms with Crippen molar-refractivity contribution in [1.29, 1.82) is 0 Å². The molecule has 3 aromatic heterocycles. The van der Waals surface area contributed by atoms with Gasteiger partial charge in [0.1, 0.15) is 23.7 Å². The molecular formula is C23H19FN8O3. The fourth-order valence-electron chi connectivity index (χ4n) is 3.75. The molecule has 3 heterocycles. The van der Waals surface area contributed by atoms with Crippen LogP contribution in [0.2, 0.25) is 0 Å². The Morgan fingerprint density at radius 2 is 1.77 bits per heavy atom. The number of fused-ring (bicyclic) bond motifs is 1. The Morgan fingerprint density at radius 3 is 2.51 bits per heavy atom. The van der Waals surface area contributed by atoms with Crippen LogP contribution in [0.4, 0.5) is 10.1 Å². The van der Waals surface area contributed by atoms with Crippen LogP contribution < -0.4 is 16.6 Å². The third-order valence-electron chi connectivity index (χ3n) is 5.59. The first-order chi connectivity index (χ1) is 16.8. The van der Waals surface area contributed by atoms with Crippen molar-refractivity contribution < 1.29 is 9.18 Å². The molecule has 0 bridgehead atoms. The van der Waals surface area contributed by atoms with Crippen molar-refractivity contribution in [3.63, 3.8) is 0 Å². The van der Waals surface area contributed by atoms with Crippen LogP contribution in [0.25, 0.3) is 28.1 Å². The van der Waals surface area contributed by atoms with Crippen LogP contribution in [-0.4, -0.2) is 39.6 Å². The third kappa shape index (κ3) is 3.90. The lowest BCUT2D eigenvalue weighted by Gasteiger charge is -2.08. The summed E-state index contributed by atoms with van der Waals surface area (Å²) in [6.45, 7) is -0.164. The van der Waals surface area contributed by atoms with Crippen LogP contribution in [0.3, 0.4) is 0 Å². The summed E-state index contributed by atoms with van der Waals surface area (Å²) >= 11 is 0. The van der Waals surface area contributed by atoms with Gasteiger partial charge in [0.25, 0.3) is 5.56 Å². The van der Waals surface area contributed by atoms with Crippen LogP contribution >= 0.6 is 0 Å². The van der Waals surface area contributed by atoms with E-state index in [1.807, 2.05) is 0 Å². The van der Waals surface area contributed by atoms with E-state index in [1.54, 1.807) is 48.7 Å². The zero-order valence-electron chi connectivity index (χ0n) is 18.7. The van der Waals surface area contributed by atoms with Gasteiger partial charge < -0.3 is 9.88 Å². The summed E-state index contributed by atoms with van der Waals surface area (Å²) < 4.78 is 19.0. The Labute approximate surface area is 196 Å². The lowest BCUT2D eigenvalue weighted by molar-refractivity contribution is -0.116. The van der Waals surface area contributed by atoms with E-state index in [0.29, 0.717) is 11.4 Å². The molecule has 0 aliphatic rings. The van der Waals surface area contributed by atoms with Crippen molar-refractivity contribution in [2.45, 2.75) is 6.54 Å². The van der Waals surface area contributed by atoms with E-state index in [2.05, 4.69) is 20.6 Å². The van der Waals surface area contributed by atoms with Gasteiger partial charge in [-0.05, 0) is 24.3 Å². The topological polar surface area (TPSA) is 122 Å². The van der Waals surface area contributed by atoms with Crippen LogP contribution in [0.1, 0.15) is 0 Å². The molecule has 176 valence electrons. The summed E-state index contributed by atoms with van der Waals surface area (Å²) in [6, 6.07) is 13.2. The van der Waals surface area contributed by atoms with Gasteiger partial charge in [0.15, 0.2) is 11.2 Å². The highest BCUT2D eigenvalue weighted by Crippen LogP contribution is 2.21. The number of halogens is 1. The molecule has 11 nitrogen and oxygen atoms in total. The minimum absolute atomic E-state index is 0.164. The molecule has 0 saturated heterocycles. The van der Waals surface area contributed by atoms with Crippen molar-refractivity contribution >= 4 is 22.8 Å². The van der Waals surface area contributed by atoms with Gasteiger partial charge >= 0.3 is 5.69 Å². The van der Waals surface area contributed by atoms with Gasteiger partial charge in [0, 0.05) is 25.3 Å². The van der Waals surface area contributed by atoms with Gasteiger partial charge in [-0.2, -0.15) is 0 Å². The van der Waals surface area contributed by atoms with E-state index < -0.39 is 17.1 Å². The Kier molecular flexibility index (Phi) is 5.32. The number of nitrogens with one attached hydrogen (secondary N) is 1. The number of carbonyl (C=O) groups excluding carboxylic acids is 1. The summed E-state index contributed by atoms with van der Waals surface area (Å²) in [6.07, 6.45) is 2.97. The standard InChI is InChI=1S/C23H19FN8O3/c1-29-21-20(22(34)30(2)23(29)35)31(13-25-21)12-19(33)26-15-9-7-14(8-10-15)17-11-32(28-27-17)18-6-4-3-5-16(18)24/h3-11,13H,12H2,1-2H3,(H,26,33). The van der Waals surface area contributed by atoms with Gasteiger partial charge in [0.2, 0.25) is 5.91 Å². The smallest absolute Gasteiger partial charge is 0.325 e. The average molecular weight is 474 g/mol. The van der Waals surface area contributed by atoms with E-state index in [1.165, 1.54) is 40.3 Å². The predicted molar refractivity (Wildman–Crippen MR) is 126 cm³/mol. The second-order valence-electron chi connectivity index (χ2n) is 7.88. The molecule has 5 rings (SSSR count). The molecule has 1 amide bonds. The minimum Gasteiger partial charge on any atom is -0.325 e. The number of imidazole rings is 1. The molecule has 0 unspecified atom stereocenters. The van der Waals surface area contributed by atoms with Crippen molar-refractivity contribution in [1.82, 2.24) is 33.7 Å². The van der Waals surface area contributed by atoms with Crippen molar-refractivity contribution in [2.24, 2.45) is 14.1 Å². The molecule has 0 radical (unpaired) electrons. The highest BCUT2D eigenvalue weighted by molar-refractivity contribution is 5.91. The number of carbonyl (C=O) groups is 1. The lowest BCUT2D eigenvalue weighted by atomic mass is 10.1. The number of aromatic nitrogens is 7. The van der Waals surface area contributed by atoms with Crippen molar-refractivity contribution in [3.8, 4) is 16.9 Å². The van der Waals surface area contributed by atoms with E-state index in [9.17, 15) is 18.8 Å². The Morgan fingerprint density at radius 1 is 1.03 bits per heavy atom. The van der Waals surface area contributed by atoms with E-state index >= 15 is 0 Å². The number of aryl methyl sites for hydroxylation is 1. The molecule has 5 aromatic rings. The molecule has 1 N–H and O–H groups in total. The zero-order valence-corrected chi connectivity index (χ0v) is 18.7. The summed E-state index contributed by atoms with van der Waals surface area (Å²) in [4.78, 5) is 41.3. The maximum absolute atomic E-state index is 14.0. The SMILES string of the molecule is Cn1c(=O)c2c(ncn2CC(=O)Nc2ccc(-c3cn(-c4ccccc4F)nn3)cc2)n(C)c1=O. The first-order valence-corrected chi connectivity index (χ1v) is 10.5. The zero-order chi connectivity index (χ0) is 24.7. The van der Waals surface area contributed by atoms with Gasteiger partial charge in [0.05, 0.1) is 12.5 Å². The van der Waals surface area contributed by atoms with Gasteiger partial charge in [-0.15, -0.1) is 5.10 Å². The van der Waals surface area contributed by atoms with E-state index in [-0.39, 0.29) is 29.3 Å². The highest BCUT2D eigenvalue weighted by Gasteiger charge is 2.16. The quantitative estimate of drug-likeness (QED) is 0.412. The first-order valence-electron chi connectivity index (χ1n) is 10.5. The number of benzene rings is 2. The molecule has 2 aromatic carbocycles. The number of para-hydroxylation sites is 1.